The Morgan fingerprint density at radius 2 is 1.74 bits per heavy atom. The van der Waals surface area contributed by atoms with Crippen molar-refractivity contribution in [2.24, 2.45) is 0 Å². The van der Waals surface area contributed by atoms with Crippen molar-refractivity contribution in [1.29, 1.82) is 0 Å². The van der Waals surface area contributed by atoms with Crippen molar-refractivity contribution in [2.45, 2.75) is 0 Å². The molecular weight excluding hydrogens is 366 g/mol. The highest BCUT2D eigenvalue weighted by Gasteiger charge is 2.14. The Bertz CT molecular complexity index is 948. The number of nitrogens with zero attached hydrogens (tertiary/aromatic N) is 1. The molecule has 1 heterocycles. The molecule has 0 unspecified atom stereocenters. The van der Waals surface area contributed by atoms with Crippen LogP contribution in [0.1, 0.15) is 10.4 Å². The summed E-state index contributed by atoms with van der Waals surface area (Å²) in [6.07, 6.45) is 3.15. The number of halogens is 1. The van der Waals surface area contributed by atoms with Gasteiger partial charge in [0.05, 0.1) is 28.2 Å². The van der Waals surface area contributed by atoms with Crippen molar-refractivity contribution in [3.05, 3.63) is 83.6 Å². The summed E-state index contributed by atoms with van der Waals surface area (Å²) in [5, 5.41) is 5.84. The summed E-state index contributed by atoms with van der Waals surface area (Å²) in [7, 11) is 0. The fraction of sp³-hybridized carbons (Fsp3) is 0.0500. The molecule has 0 aliphatic rings. The van der Waals surface area contributed by atoms with Crippen LogP contribution in [-0.4, -0.2) is 23.4 Å². The van der Waals surface area contributed by atoms with Gasteiger partial charge >= 0.3 is 0 Å². The average Bonchev–Trinajstić information content (AvgIpc) is 2.68. The van der Waals surface area contributed by atoms with E-state index in [1.807, 2.05) is 0 Å². The van der Waals surface area contributed by atoms with E-state index in [0.29, 0.717) is 27.7 Å². The molecule has 3 aromatic rings. The summed E-state index contributed by atoms with van der Waals surface area (Å²) in [6, 6.07) is 17.0. The SMILES string of the molecule is O=C(COc1ccccc1Cl)Nc1ccccc1C(=O)Nc1cccnc1. The van der Waals surface area contributed by atoms with Gasteiger partial charge in [-0.15, -0.1) is 0 Å². The molecule has 27 heavy (non-hydrogen) atoms. The predicted molar refractivity (Wildman–Crippen MR) is 104 cm³/mol. The van der Waals surface area contributed by atoms with Crippen LogP contribution in [0, 0.1) is 0 Å². The Morgan fingerprint density at radius 3 is 2.52 bits per heavy atom. The van der Waals surface area contributed by atoms with E-state index in [1.165, 1.54) is 6.20 Å². The molecule has 3 rings (SSSR count). The number of carbonyl (C=O) groups excluding carboxylic acids is 2. The van der Waals surface area contributed by atoms with Crippen LogP contribution in [0.2, 0.25) is 5.02 Å². The third-order valence-electron chi connectivity index (χ3n) is 3.56. The normalized spacial score (nSPS) is 10.1. The van der Waals surface area contributed by atoms with E-state index in [1.54, 1.807) is 66.9 Å². The van der Waals surface area contributed by atoms with Gasteiger partial charge in [0, 0.05) is 6.20 Å². The first-order valence-corrected chi connectivity index (χ1v) is 8.49. The molecule has 0 radical (unpaired) electrons. The molecule has 0 spiro atoms. The number of ether oxygens (including phenoxy) is 1. The number of carbonyl (C=O) groups is 2. The van der Waals surface area contributed by atoms with E-state index in [2.05, 4.69) is 15.6 Å². The number of amides is 2. The zero-order chi connectivity index (χ0) is 19.1. The zero-order valence-corrected chi connectivity index (χ0v) is 14.9. The summed E-state index contributed by atoms with van der Waals surface area (Å²) in [5.41, 5.74) is 1.27. The van der Waals surface area contributed by atoms with Crippen LogP contribution in [0.3, 0.4) is 0 Å². The van der Waals surface area contributed by atoms with Crippen molar-refractivity contribution in [3.8, 4) is 5.75 Å². The standard InChI is InChI=1S/C20H16ClN3O3/c21-16-8-2-4-10-18(16)27-13-19(25)24-17-9-3-1-7-15(17)20(26)23-14-6-5-11-22-12-14/h1-12H,13H2,(H,23,26)(H,24,25). The van der Waals surface area contributed by atoms with E-state index in [0.717, 1.165) is 0 Å². The van der Waals surface area contributed by atoms with E-state index >= 15 is 0 Å². The molecule has 1 aromatic heterocycles. The van der Waals surface area contributed by atoms with Gasteiger partial charge in [0.2, 0.25) is 0 Å². The molecule has 0 atom stereocenters. The number of benzene rings is 2. The highest BCUT2D eigenvalue weighted by Crippen LogP contribution is 2.23. The van der Waals surface area contributed by atoms with Crippen LogP contribution in [-0.2, 0) is 4.79 Å². The first kappa shape index (κ1) is 18.4. The van der Waals surface area contributed by atoms with Crippen LogP contribution in [0.4, 0.5) is 11.4 Å². The average molecular weight is 382 g/mol. The number of aromatic nitrogens is 1. The lowest BCUT2D eigenvalue weighted by Gasteiger charge is -2.12. The fourth-order valence-corrected chi connectivity index (χ4v) is 2.51. The van der Waals surface area contributed by atoms with E-state index in [9.17, 15) is 9.59 Å². The van der Waals surface area contributed by atoms with E-state index in [4.69, 9.17) is 16.3 Å². The lowest BCUT2D eigenvalue weighted by Crippen LogP contribution is -2.22. The van der Waals surface area contributed by atoms with Gasteiger partial charge in [-0.2, -0.15) is 0 Å². The molecule has 0 aliphatic carbocycles. The monoisotopic (exact) mass is 381 g/mol. The smallest absolute Gasteiger partial charge is 0.262 e. The maximum Gasteiger partial charge on any atom is 0.262 e. The fourth-order valence-electron chi connectivity index (χ4n) is 2.32. The Morgan fingerprint density at radius 1 is 0.963 bits per heavy atom. The van der Waals surface area contributed by atoms with Gasteiger partial charge in [-0.25, -0.2) is 0 Å². The number of anilines is 2. The van der Waals surface area contributed by atoms with Crippen LogP contribution in [0.25, 0.3) is 0 Å². The van der Waals surface area contributed by atoms with Gasteiger partial charge in [-0.3, -0.25) is 14.6 Å². The zero-order valence-electron chi connectivity index (χ0n) is 14.2. The summed E-state index contributed by atoms with van der Waals surface area (Å²) < 4.78 is 5.41. The maximum atomic E-state index is 12.5. The summed E-state index contributed by atoms with van der Waals surface area (Å²) in [6.45, 7) is -0.234. The van der Waals surface area contributed by atoms with Crippen molar-refractivity contribution in [2.75, 3.05) is 17.2 Å². The third-order valence-corrected chi connectivity index (χ3v) is 3.87. The number of para-hydroxylation sites is 2. The molecule has 6 nitrogen and oxygen atoms in total. The molecule has 136 valence electrons. The van der Waals surface area contributed by atoms with Crippen LogP contribution >= 0.6 is 11.6 Å². The van der Waals surface area contributed by atoms with Crippen molar-refractivity contribution in [1.82, 2.24) is 4.98 Å². The van der Waals surface area contributed by atoms with Crippen LogP contribution in [0.5, 0.6) is 5.75 Å². The number of pyridine rings is 1. The lowest BCUT2D eigenvalue weighted by atomic mass is 10.1. The Balaban J connectivity index is 1.66. The van der Waals surface area contributed by atoms with Crippen molar-refractivity contribution < 1.29 is 14.3 Å². The highest BCUT2D eigenvalue weighted by molar-refractivity contribution is 6.32. The second-order valence-electron chi connectivity index (χ2n) is 5.51. The molecule has 2 N–H and O–H groups in total. The summed E-state index contributed by atoms with van der Waals surface area (Å²) in [5.74, 6) is -0.348. The Labute approximate surface area is 161 Å². The molecule has 0 aliphatic heterocycles. The number of hydrogen-bond donors (Lipinski definition) is 2. The molecule has 2 amide bonds. The van der Waals surface area contributed by atoms with Crippen molar-refractivity contribution >= 4 is 34.8 Å². The van der Waals surface area contributed by atoms with E-state index < -0.39 is 5.91 Å². The quantitative estimate of drug-likeness (QED) is 0.676. The minimum atomic E-state index is -0.406. The second kappa shape index (κ2) is 8.82. The maximum absolute atomic E-state index is 12.5. The van der Waals surface area contributed by atoms with Crippen LogP contribution in [0.15, 0.2) is 73.1 Å². The molecule has 0 bridgehead atoms. The first-order chi connectivity index (χ1) is 13.1. The largest absolute Gasteiger partial charge is 0.482 e. The predicted octanol–water partition coefficient (Wildman–Crippen LogP) is 4.00. The molecular formula is C20H16ClN3O3. The Hall–Kier alpha value is -3.38. The number of rotatable bonds is 6. The van der Waals surface area contributed by atoms with Gasteiger partial charge in [-0.05, 0) is 36.4 Å². The molecule has 0 saturated carbocycles. The topological polar surface area (TPSA) is 80.3 Å². The first-order valence-electron chi connectivity index (χ1n) is 8.11. The molecule has 0 saturated heterocycles. The lowest BCUT2D eigenvalue weighted by molar-refractivity contribution is -0.118. The number of hydrogen-bond acceptors (Lipinski definition) is 4. The summed E-state index contributed by atoms with van der Waals surface area (Å²) >= 11 is 6.00. The molecule has 2 aromatic carbocycles. The van der Waals surface area contributed by atoms with Gasteiger partial charge in [0.15, 0.2) is 6.61 Å². The third kappa shape index (κ3) is 5.05. The van der Waals surface area contributed by atoms with Gasteiger partial charge in [-0.1, -0.05) is 35.9 Å². The van der Waals surface area contributed by atoms with Gasteiger partial charge < -0.3 is 15.4 Å². The van der Waals surface area contributed by atoms with E-state index in [-0.39, 0.29) is 12.5 Å². The Kier molecular flexibility index (Phi) is 6.02. The van der Waals surface area contributed by atoms with Crippen molar-refractivity contribution in [3.63, 3.8) is 0 Å². The number of nitrogens with one attached hydrogen (secondary N) is 2. The summed E-state index contributed by atoms with van der Waals surface area (Å²) in [4.78, 5) is 28.7. The van der Waals surface area contributed by atoms with Gasteiger partial charge in [0.1, 0.15) is 5.75 Å². The minimum Gasteiger partial charge on any atom is -0.482 e. The molecule has 0 fully saturated rings. The second-order valence-corrected chi connectivity index (χ2v) is 5.92. The molecule has 7 heteroatoms. The minimum absolute atomic E-state index is 0.234. The highest BCUT2D eigenvalue weighted by atomic mass is 35.5. The van der Waals surface area contributed by atoms with Gasteiger partial charge in [0.25, 0.3) is 11.8 Å². The van der Waals surface area contributed by atoms with Crippen LogP contribution < -0.4 is 15.4 Å².